The van der Waals surface area contributed by atoms with Crippen molar-refractivity contribution in [2.45, 2.75) is 16.9 Å². The first-order valence-electron chi connectivity index (χ1n) is 9.97. The van der Waals surface area contributed by atoms with E-state index in [9.17, 15) is 20.4 Å². The largest absolute Gasteiger partial charge is 0.480 e. The minimum atomic E-state index is -0.979. The standard InChI is InChI=1S/C26H19N3O2S/c1-29-24(26(30)31)23(22(16-28)25(29)32-20-8-3-2-4-9-20)18-13-11-17(12-14-18)21-10-6-5-7-19(21)15-27/h2-14,23-24H,1H3,(H,30,31). The Bertz CT molecular complexity index is 1270. The van der Waals surface area contributed by atoms with Crippen molar-refractivity contribution in [2.75, 3.05) is 7.05 Å². The quantitative estimate of drug-likeness (QED) is 0.588. The summed E-state index contributed by atoms with van der Waals surface area (Å²) in [4.78, 5) is 14.8. The van der Waals surface area contributed by atoms with Crippen LogP contribution in [0.1, 0.15) is 17.0 Å². The third-order valence-corrected chi connectivity index (χ3v) is 6.76. The van der Waals surface area contributed by atoms with E-state index in [2.05, 4.69) is 12.1 Å². The van der Waals surface area contributed by atoms with Crippen molar-refractivity contribution >= 4 is 17.7 Å². The summed E-state index contributed by atoms with van der Waals surface area (Å²) in [6, 6.07) is 28.0. The molecule has 4 rings (SSSR count). The number of thioether (sulfide) groups is 1. The summed E-state index contributed by atoms with van der Waals surface area (Å²) in [5.74, 6) is -1.57. The molecule has 156 valence electrons. The second-order valence-corrected chi connectivity index (χ2v) is 8.46. The molecule has 0 aromatic heterocycles. The zero-order valence-electron chi connectivity index (χ0n) is 17.3. The second kappa shape index (κ2) is 9.01. The van der Waals surface area contributed by atoms with Crippen LogP contribution in [0.3, 0.4) is 0 Å². The highest BCUT2D eigenvalue weighted by Gasteiger charge is 2.44. The van der Waals surface area contributed by atoms with Gasteiger partial charge in [-0.15, -0.1) is 0 Å². The maximum atomic E-state index is 12.2. The third kappa shape index (κ3) is 3.85. The molecule has 3 aromatic carbocycles. The number of nitrogens with zero attached hydrogens (tertiary/aromatic N) is 3. The highest BCUT2D eigenvalue weighted by Crippen LogP contribution is 2.46. The summed E-state index contributed by atoms with van der Waals surface area (Å²) in [6.07, 6.45) is 0. The lowest BCUT2D eigenvalue weighted by atomic mass is 9.86. The number of carboxylic acid groups (broad SMARTS) is 1. The summed E-state index contributed by atoms with van der Waals surface area (Å²) in [7, 11) is 1.72. The Balaban J connectivity index is 1.75. The monoisotopic (exact) mass is 437 g/mol. The second-order valence-electron chi connectivity index (χ2n) is 7.40. The number of nitriles is 2. The van der Waals surface area contributed by atoms with Gasteiger partial charge in [-0.25, -0.2) is 4.79 Å². The van der Waals surface area contributed by atoms with Crippen molar-refractivity contribution in [1.82, 2.24) is 4.90 Å². The van der Waals surface area contributed by atoms with Gasteiger partial charge in [0.05, 0.1) is 34.2 Å². The van der Waals surface area contributed by atoms with Crippen molar-refractivity contribution in [3.63, 3.8) is 0 Å². The molecule has 32 heavy (non-hydrogen) atoms. The van der Waals surface area contributed by atoms with Crippen LogP contribution in [0.25, 0.3) is 11.1 Å². The zero-order chi connectivity index (χ0) is 22.7. The third-order valence-electron chi connectivity index (χ3n) is 5.55. The Morgan fingerprint density at radius 3 is 2.22 bits per heavy atom. The van der Waals surface area contributed by atoms with Gasteiger partial charge < -0.3 is 10.0 Å². The van der Waals surface area contributed by atoms with Gasteiger partial charge in [-0.2, -0.15) is 10.5 Å². The number of aliphatic carboxylic acids is 1. The lowest BCUT2D eigenvalue weighted by Crippen LogP contribution is -2.37. The van der Waals surface area contributed by atoms with Crippen LogP contribution in [0.5, 0.6) is 0 Å². The summed E-state index contributed by atoms with van der Waals surface area (Å²) in [5, 5.41) is 30.0. The molecule has 1 heterocycles. The van der Waals surface area contributed by atoms with E-state index in [1.54, 1.807) is 18.0 Å². The van der Waals surface area contributed by atoms with Crippen LogP contribution >= 0.6 is 11.8 Å². The Hall–Kier alpha value is -4.00. The first-order chi connectivity index (χ1) is 15.5. The summed E-state index contributed by atoms with van der Waals surface area (Å²) in [6.45, 7) is 0. The average Bonchev–Trinajstić information content (AvgIpc) is 3.11. The van der Waals surface area contributed by atoms with Gasteiger partial charge in [0.1, 0.15) is 6.04 Å². The molecular weight excluding hydrogens is 418 g/mol. The summed E-state index contributed by atoms with van der Waals surface area (Å²) >= 11 is 1.40. The Morgan fingerprint density at radius 2 is 1.59 bits per heavy atom. The molecule has 0 amide bonds. The lowest BCUT2D eigenvalue weighted by Gasteiger charge is -2.25. The Kier molecular flexibility index (Phi) is 5.98. The number of benzene rings is 3. The van der Waals surface area contributed by atoms with Gasteiger partial charge in [0.15, 0.2) is 0 Å². The SMILES string of the molecule is CN1C(Sc2ccccc2)=C(C#N)C(c2ccc(-c3ccccc3C#N)cc2)C1C(=O)O. The zero-order valence-corrected chi connectivity index (χ0v) is 18.1. The first kappa shape index (κ1) is 21.2. The molecule has 1 N–H and O–H groups in total. The van der Waals surface area contributed by atoms with Gasteiger partial charge in [0.25, 0.3) is 0 Å². The van der Waals surface area contributed by atoms with E-state index in [0.717, 1.165) is 21.6 Å². The topological polar surface area (TPSA) is 88.1 Å². The molecule has 0 aliphatic carbocycles. The van der Waals surface area contributed by atoms with E-state index < -0.39 is 17.9 Å². The number of likely N-dealkylation sites (N-methyl/N-ethyl adjacent to an activating group) is 1. The maximum absolute atomic E-state index is 12.2. The van der Waals surface area contributed by atoms with Gasteiger partial charge in [0.2, 0.25) is 0 Å². The van der Waals surface area contributed by atoms with E-state index in [4.69, 9.17) is 0 Å². The van der Waals surface area contributed by atoms with Gasteiger partial charge >= 0.3 is 5.97 Å². The van der Waals surface area contributed by atoms with E-state index in [1.807, 2.05) is 72.8 Å². The van der Waals surface area contributed by atoms with Crippen LogP contribution in [0, 0.1) is 22.7 Å². The van der Waals surface area contributed by atoms with Crippen molar-refractivity contribution in [2.24, 2.45) is 0 Å². The minimum Gasteiger partial charge on any atom is -0.480 e. The molecule has 0 radical (unpaired) electrons. The van der Waals surface area contributed by atoms with E-state index in [-0.39, 0.29) is 0 Å². The van der Waals surface area contributed by atoms with Crippen molar-refractivity contribution < 1.29 is 9.90 Å². The summed E-state index contributed by atoms with van der Waals surface area (Å²) < 4.78 is 0. The highest BCUT2D eigenvalue weighted by atomic mass is 32.2. The fourth-order valence-electron chi connectivity index (χ4n) is 4.03. The molecule has 2 atom stereocenters. The molecule has 0 fully saturated rings. The molecule has 0 saturated heterocycles. The molecular formula is C26H19N3O2S. The predicted molar refractivity (Wildman–Crippen MR) is 123 cm³/mol. The molecule has 5 nitrogen and oxygen atoms in total. The van der Waals surface area contributed by atoms with Crippen LogP contribution in [0.2, 0.25) is 0 Å². The Morgan fingerprint density at radius 1 is 0.938 bits per heavy atom. The van der Waals surface area contributed by atoms with E-state index >= 15 is 0 Å². The molecule has 2 unspecified atom stereocenters. The van der Waals surface area contributed by atoms with Gasteiger partial charge in [0, 0.05) is 11.9 Å². The number of carbonyl (C=O) groups is 1. The van der Waals surface area contributed by atoms with Gasteiger partial charge in [-0.05, 0) is 34.9 Å². The van der Waals surface area contributed by atoms with Crippen LogP contribution in [-0.2, 0) is 4.79 Å². The van der Waals surface area contributed by atoms with E-state index in [1.165, 1.54) is 11.8 Å². The molecule has 1 aliphatic rings. The number of carboxylic acids is 1. The van der Waals surface area contributed by atoms with Crippen LogP contribution in [-0.4, -0.2) is 29.1 Å². The van der Waals surface area contributed by atoms with Crippen LogP contribution in [0.4, 0.5) is 0 Å². The van der Waals surface area contributed by atoms with E-state index in [0.29, 0.717) is 16.2 Å². The Labute approximate surface area is 190 Å². The molecule has 0 spiro atoms. The molecule has 6 heteroatoms. The summed E-state index contributed by atoms with van der Waals surface area (Å²) in [5.41, 5.74) is 3.45. The molecule has 1 aliphatic heterocycles. The highest BCUT2D eigenvalue weighted by molar-refractivity contribution is 8.03. The average molecular weight is 438 g/mol. The smallest absolute Gasteiger partial charge is 0.327 e. The number of rotatable bonds is 5. The van der Waals surface area contributed by atoms with Crippen molar-refractivity contribution in [3.05, 3.63) is 101 Å². The van der Waals surface area contributed by atoms with Crippen molar-refractivity contribution in [1.29, 1.82) is 10.5 Å². The predicted octanol–water partition coefficient (Wildman–Crippen LogP) is 5.23. The maximum Gasteiger partial charge on any atom is 0.327 e. The van der Waals surface area contributed by atoms with Crippen LogP contribution < -0.4 is 0 Å². The van der Waals surface area contributed by atoms with Crippen molar-refractivity contribution in [3.8, 4) is 23.3 Å². The normalized spacial score (nSPS) is 17.7. The molecule has 3 aromatic rings. The van der Waals surface area contributed by atoms with Gasteiger partial charge in [-0.1, -0.05) is 72.4 Å². The lowest BCUT2D eigenvalue weighted by molar-refractivity contribution is -0.141. The first-order valence-corrected chi connectivity index (χ1v) is 10.8. The fraction of sp³-hybridized carbons (Fsp3) is 0.115. The fourth-order valence-corrected chi connectivity index (χ4v) is 5.09. The minimum absolute atomic E-state index is 0.443. The number of hydrogen-bond acceptors (Lipinski definition) is 5. The van der Waals surface area contributed by atoms with Gasteiger partial charge in [-0.3, -0.25) is 0 Å². The number of hydrogen-bond donors (Lipinski definition) is 1. The molecule has 0 bridgehead atoms. The molecule has 0 saturated carbocycles. The van der Waals surface area contributed by atoms with Crippen LogP contribution in [0.15, 0.2) is 94.4 Å².